The van der Waals surface area contributed by atoms with E-state index in [2.05, 4.69) is 0 Å². The lowest BCUT2D eigenvalue weighted by Crippen LogP contribution is -2.42. The highest BCUT2D eigenvalue weighted by molar-refractivity contribution is 6.21. The largest absolute Gasteiger partial charge is 0.391 e. The van der Waals surface area contributed by atoms with Crippen molar-refractivity contribution in [2.24, 2.45) is 17.8 Å². The van der Waals surface area contributed by atoms with Crippen LogP contribution < -0.4 is 0 Å². The molecule has 0 aromatic carbocycles. The Kier molecular flexibility index (Phi) is 4.88. The van der Waals surface area contributed by atoms with Crippen molar-refractivity contribution < 1.29 is 18.0 Å². The molecule has 0 aromatic rings. The first kappa shape index (κ1) is 15.9. The Morgan fingerprint density at radius 1 is 1.20 bits per heavy atom. The number of rotatable bonds is 3. The second kappa shape index (κ2) is 6.12. The fourth-order valence-electron chi connectivity index (χ4n) is 3.26. The Labute approximate surface area is 122 Å². The van der Waals surface area contributed by atoms with Gasteiger partial charge < -0.3 is 4.90 Å². The third-order valence-electron chi connectivity index (χ3n) is 4.63. The summed E-state index contributed by atoms with van der Waals surface area (Å²) in [6, 6.07) is 0. The standard InChI is InChI=1S/C14H21ClF3NO/c1-19(8-9-6-12(15)7-9)13(20)10-2-4-11(5-3-10)14(16,17)18/h9-12H,2-8H2,1H3. The second-order valence-electron chi connectivity index (χ2n) is 6.24. The van der Waals surface area contributed by atoms with E-state index >= 15 is 0 Å². The SMILES string of the molecule is CN(CC1CC(Cl)C1)C(=O)C1CCC(C(F)(F)F)CC1. The van der Waals surface area contributed by atoms with Crippen LogP contribution in [0.25, 0.3) is 0 Å². The highest BCUT2D eigenvalue weighted by Gasteiger charge is 2.43. The number of hydrogen-bond acceptors (Lipinski definition) is 1. The van der Waals surface area contributed by atoms with Crippen LogP contribution in [0.3, 0.4) is 0 Å². The van der Waals surface area contributed by atoms with Gasteiger partial charge in [0.15, 0.2) is 0 Å². The summed E-state index contributed by atoms with van der Waals surface area (Å²) >= 11 is 5.90. The molecule has 2 saturated carbocycles. The van der Waals surface area contributed by atoms with Gasteiger partial charge in [-0.05, 0) is 44.4 Å². The van der Waals surface area contributed by atoms with Gasteiger partial charge in [0.2, 0.25) is 5.91 Å². The maximum atomic E-state index is 12.6. The Hall–Kier alpha value is -0.450. The highest BCUT2D eigenvalue weighted by atomic mass is 35.5. The Balaban J connectivity index is 1.76. The van der Waals surface area contributed by atoms with Crippen molar-refractivity contribution >= 4 is 17.5 Å². The molecule has 116 valence electrons. The van der Waals surface area contributed by atoms with Gasteiger partial charge in [0.25, 0.3) is 0 Å². The quantitative estimate of drug-likeness (QED) is 0.725. The first-order chi connectivity index (χ1) is 9.27. The topological polar surface area (TPSA) is 20.3 Å². The molecule has 0 atom stereocenters. The summed E-state index contributed by atoms with van der Waals surface area (Å²) in [6.07, 6.45) is -1.37. The smallest absolute Gasteiger partial charge is 0.345 e. The van der Waals surface area contributed by atoms with Crippen molar-refractivity contribution in [1.82, 2.24) is 4.90 Å². The van der Waals surface area contributed by atoms with Gasteiger partial charge in [-0.25, -0.2) is 0 Å². The van der Waals surface area contributed by atoms with Gasteiger partial charge in [-0.2, -0.15) is 13.2 Å². The van der Waals surface area contributed by atoms with E-state index in [1.807, 2.05) is 0 Å². The molecule has 0 aromatic heterocycles. The molecule has 0 heterocycles. The van der Waals surface area contributed by atoms with Crippen molar-refractivity contribution in [3.05, 3.63) is 0 Å². The Morgan fingerprint density at radius 2 is 1.75 bits per heavy atom. The van der Waals surface area contributed by atoms with E-state index in [1.165, 1.54) is 0 Å². The number of amides is 1. The van der Waals surface area contributed by atoms with Crippen LogP contribution in [0.5, 0.6) is 0 Å². The van der Waals surface area contributed by atoms with Gasteiger partial charge in [-0.3, -0.25) is 4.79 Å². The highest BCUT2D eigenvalue weighted by Crippen LogP contribution is 2.40. The van der Waals surface area contributed by atoms with Crippen LogP contribution >= 0.6 is 11.6 Å². The van der Waals surface area contributed by atoms with E-state index in [9.17, 15) is 18.0 Å². The Bertz CT molecular complexity index is 347. The van der Waals surface area contributed by atoms with E-state index in [1.54, 1.807) is 11.9 Å². The monoisotopic (exact) mass is 311 g/mol. The minimum atomic E-state index is -4.11. The summed E-state index contributed by atoms with van der Waals surface area (Å²) in [5.74, 6) is -0.993. The average molecular weight is 312 g/mol. The maximum absolute atomic E-state index is 12.6. The van der Waals surface area contributed by atoms with Gasteiger partial charge in [0.1, 0.15) is 0 Å². The van der Waals surface area contributed by atoms with Gasteiger partial charge in [-0.15, -0.1) is 11.6 Å². The maximum Gasteiger partial charge on any atom is 0.391 e. The lowest BCUT2D eigenvalue weighted by molar-refractivity contribution is -0.185. The van der Waals surface area contributed by atoms with Crippen LogP contribution in [-0.2, 0) is 4.79 Å². The van der Waals surface area contributed by atoms with Crippen molar-refractivity contribution in [2.75, 3.05) is 13.6 Å². The van der Waals surface area contributed by atoms with Crippen LogP contribution in [0.4, 0.5) is 13.2 Å². The molecule has 0 bridgehead atoms. The molecule has 2 rings (SSSR count). The molecular formula is C14H21ClF3NO. The van der Waals surface area contributed by atoms with Crippen LogP contribution in [0.15, 0.2) is 0 Å². The van der Waals surface area contributed by atoms with E-state index < -0.39 is 12.1 Å². The number of halogens is 4. The average Bonchev–Trinajstić information content (AvgIpc) is 2.35. The molecule has 0 N–H and O–H groups in total. The third-order valence-corrected chi connectivity index (χ3v) is 4.98. The summed E-state index contributed by atoms with van der Waals surface area (Å²) in [6.45, 7) is 0.682. The molecule has 6 heteroatoms. The molecule has 20 heavy (non-hydrogen) atoms. The molecule has 2 nitrogen and oxygen atoms in total. The van der Waals surface area contributed by atoms with Crippen LogP contribution in [-0.4, -0.2) is 36.0 Å². The lowest BCUT2D eigenvalue weighted by atomic mass is 9.80. The molecule has 2 fully saturated rings. The molecule has 0 saturated heterocycles. The molecule has 2 aliphatic carbocycles. The fraction of sp³-hybridized carbons (Fsp3) is 0.929. The zero-order chi connectivity index (χ0) is 14.9. The predicted octanol–water partition coefficient (Wildman–Crippen LogP) is 3.83. The first-order valence-corrected chi connectivity index (χ1v) is 7.66. The normalized spacial score (nSPS) is 34.5. The number of nitrogens with zero attached hydrogens (tertiary/aromatic N) is 1. The molecule has 0 spiro atoms. The summed E-state index contributed by atoms with van der Waals surface area (Å²) in [7, 11) is 1.75. The van der Waals surface area contributed by atoms with Gasteiger partial charge in [0.05, 0.1) is 5.92 Å². The minimum Gasteiger partial charge on any atom is -0.345 e. The second-order valence-corrected chi connectivity index (χ2v) is 6.86. The van der Waals surface area contributed by atoms with E-state index in [4.69, 9.17) is 11.6 Å². The van der Waals surface area contributed by atoms with Gasteiger partial charge >= 0.3 is 6.18 Å². The van der Waals surface area contributed by atoms with E-state index in [0.717, 1.165) is 12.8 Å². The van der Waals surface area contributed by atoms with Crippen molar-refractivity contribution in [2.45, 2.75) is 50.1 Å². The molecule has 2 aliphatic rings. The molecule has 0 radical (unpaired) electrons. The van der Waals surface area contributed by atoms with Gasteiger partial charge in [0, 0.05) is 24.9 Å². The predicted molar refractivity (Wildman–Crippen MR) is 71.5 cm³/mol. The number of hydrogen-bond donors (Lipinski definition) is 0. The van der Waals surface area contributed by atoms with Crippen molar-refractivity contribution in [3.8, 4) is 0 Å². The third kappa shape index (κ3) is 3.80. The van der Waals surface area contributed by atoms with Crippen LogP contribution in [0.2, 0.25) is 0 Å². The summed E-state index contributed by atoms with van der Waals surface area (Å²) in [5.41, 5.74) is 0. The van der Waals surface area contributed by atoms with Crippen molar-refractivity contribution in [1.29, 1.82) is 0 Å². The molecular weight excluding hydrogens is 291 g/mol. The zero-order valence-electron chi connectivity index (χ0n) is 11.6. The van der Waals surface area contributed by atoms with Crippen LogP contribution in [0.1, 0.15) is 38.5 Å². The van der Waals surface area contributed by atoms with Crippen LogP contribution in [0, 0.1) is 17.8 Å². The Morgan fingerprint density at radius 3 is 2.20 bits per heavy atom. The summed E-state index contributed by atoms with van der Waals surface area (Å²) in [4.78, 5) is 13.9. The fourth-order valence-corrected chi connectivity index (χ4v) is 3.76. The number of carbonyl (C=O) groups excluding carboxylic acids is 1. The first-order valence-electron chi connectivity index (χ1n) is 7.23. The summed E-state index contributed by atoms with van der Waals surface area (Å²) in [5, 5.41) is 0.228. The summed E-state index contributed by atoms with van der Waals surface area (Å²) < 4.78 is 37.7. The van der Waals surface area contributed by atoms with Crippen molar-refractivity contribution in [3.63, 3.8) is 0 Å². The molecule has 0 aliphatic heterocycles. The lowest BCUT2D eigenvalue weighted by Gasteiger charge is -2.36. The molecule has 1 amide bonds. The number of alkyl halides is 4. The van der Waals surface area contributed by atoms with E-state index in [-0.39, 0.29) is 30.0 Å². The molecule has 0 unspecified atom stereocenters. The number of carbonyl (C=O) groups is 1. The minimum absolute atomic E-state index is 0.00338. The van der Waals surface area contributed by atoms with Gasteiger partial charge in [-0.1, -0.05) is 0 Å². The zero-order valence-corrected chi connectivity index (χ0v) is 12.4. The van der Waals surface area contributed by atoms with E-state index in [0.29, 0.717) is 25.3 Å².